The number of carbonyl (C=O) groups excluding carboxylic acids is 2. The van der Waals surface area contributed by atoms with E-state index in [9.17, 15) is 14.0 Å². The highest BCUT2D eigenvalue weighted by atomic mass is 32.1. The Balaban J connectivity index is 1.56. The van der Waals surface area contributed by atoms with Crippen LogP contribution in [0.4, 0.5) is 9.52 Å². The zero-order chi connectivity index (χ0) is 17.1. The van der Waals surface area contributed by atoms with Gasteiger partial charge in [0.1, 0.15) is 10.8 Å². The van der Waals surface area contributed by atoms with E-state index < -0.39 is 5.82 Å². The van der Waals surface area contributed by atoms with Gasteiger partial charge >= 0.3 is 0 Å². The highest BCUT2D eigenvalue weighted by Gasteiger charge is 2.29. The molecule has 8 heteroatoms. The minimum absolute atomic E-state index is 0.0738. The third-order valence-corrected chi connectivity index (χ3v) is 4.77. The number of rotatable bonds is 3. The number of carbonyl (C=O) groups is 2. The summed E-state index contributed by atoms with van der Waals surface area (Å²) in [4.78, 5) is 26.2. The Morgan fingerprint density at radius 3 is 2.58 bits per heavy atom. The number of halogens is 1. The van der Waals surface area contributed by atoms with Gasteiger partial charge in [0.15, 0.2) is 0 Å². The Bertz CT molecular complexity index is 756. The minimum Gasteiger partial charge on any atom is -0.339 e. The standard InChI is InChI=1S/C16H17FN4O2S/c1-10-19-20-16(24-10)18-14(22)11-6-8-21(9-7-11)15(23)12-4-2-3-5-13(12)17/h2-5,11H,6-9H2,1H3,(H,18,20,22). The smallest absolute Gasteiger partial charge is 0.256 e. The van der Waals surface area contributed by atoms with Crippen LogP contribution < -0.4 is 5.32 Å². The van der Waals surface area contributed by atoms with Gasteiger partial charge in [-0.05, 0) is 31.9 Å². The summed E-state index contributed by atoms with van der Waals surface area (Å²) in [5, 5.41) is 11.8. The van der Waals surface area contributed by atoms with Crippen LogP contribution in [0.25, 0.3) is 0 Å². The number of aromatic nitrogens is 2. The molecule has 1 aliphatic rings. The van der Waals surface area contributed by atoms with E-state index in [4.69, 9.17) is 0 Å². The van der Waals surface area contributed by atoms with Gasteiger partial charge in [-0.15, -0.1) is 10.2 Å². The number of likely N-dealkylation sites (tertiary alicyclic amines) is 1. The quantitative estimate of drug-likeness (QED) is 0.925. The number of hydrogen-bond acceptors (Lipinski definition) is 5. The second kappa shape index (κ2) is 7.04. The molecule has 126 valence electrons. The van der Waals surface area contributed by atoms with Gasteiger partial charge in [0.25, 0.3) is 5.91 Å². The molecule has 1 N–H and O–H groups in total. The molecule has 0 aliphatic carbocycles. The van der Waals surface area contributed by atoms with Gasteiger partial charge in [-0.3, -0.25) is 9.59 Å². The predicted molar refractivity (Wildman–Crippen MR) is 88.3 cm³/mol. The first-order valence-corrected chi connectivity index (χ1v) is 8.51. The molecule has 2 heterocycles. The maximum Gasteiger partial charge on any atom is 0.256 e. The summed E-state index contributed by atoms with van der Waals surface area (Å²) < 4.78 is 13.7. The third-order valence-electron chi connectivity index (χ3n) is 4.01. The highest BCUT2D eigenvalue weighted by molar-refractivity contribution is 7.15. The second-order valence-electron chi connectivity index (χ2n) is 5.66. The van der Waals surface area contributed by atoms with Crippen molar-refractivity contribution in [1.29, 1.82) is 0 Å². The number of hydrogen-bond donors (Lipinski definition) is 1. The normalized spacial score (nSPS) is 15.3. The highest BCUT2D eigenvalue weighted by Crippen LogP contribution is 2.22. The molecule has 0 spiro atoms. The Hall–Kier alpha value is -2.35. The molecular formula is C16H17FN4O2S. The summed E-state index contributed by atoms with van der Waals surface area (Å²) in [5.74, 6) is -1.14. The molecule has 0 radical (unpaired) electrons. The molecule has 2 amide bonds. The van der Waals surface area contributed by atoms with Crippen molar-refractivity contribution in [2.45, 2.75) is 19.8 Å². The van der Waals surface area contributed by atoms with Gasteiger partial charge in [-0.2, -0.15) is 0 Å². The molecule has 6 nitrogen and oxygen atoms in total. The van der Waals surface area contributed by atoms with Crippen LogP contribution in [0.3, 0.4) is 0 Å². The molecule has 0 unspecified atom stereocenters. The molecule has 0 atom stereocenters. The number of anilines is 1. The topological polar surface area (TPSA) is 75.2 Å². The first kappa shape index (κ1) is 16.5. The predicted octanol–water partition coefficient (Wildman–Crippen LogP) is 2.48. The van der Waals surface area contributed by atoms with Gasteiger partial charge in [0.2, 0.25) is 11.0 Å². The summed E-state index contributed by atoms with van der Waals surface area (Å²) in [6, 6.07) is 5.95. The van der Waals surface area contributed by atoms with E-state index in [0.717, 1.165) is 5.01 Å². The average molecular weight is 348 g/mol. The van der Waals surface area contributed by atoms with E-state index in [-0.39, 0.29) is 23.3 Å². The van der Waals surface area contributed by atoms with Crippen molar-refractivity contribution < 1.29 is 14.0 Å². The van der Waals surface area contributed by atoms with Crippen molar-refractivity contribution in [3.63, 3.8) is 0 Å². The second-order valence-corrected chi connectivity index (χ2v) is 6.84. The molecule has 1 aliphatic heterocycles. The number of amides is 2. The number of benzene rings is 1. The van der Waals surface area contributed by atoms with Crippen LogP contribution >= 0.6 is 11.3 Å². The monoisotopic (exact) mass is 348 g/mol. The van der Waals surface area contributed by atoms with E-state index >= 15 is 0 Å². The minimum atomic E-state index is -0.519. The van der Waals surface area contributed by atoms with Gasteiger partial charge in [-0.1, -0.05) is 23.5 Å². The SMILES string of the molecule is Cc1nnc(NC(=O)C2CCN(C(=O)c3ccccc3F)CC2)s1. The lowest BCUT2D eigenvalue weighted by atomic mass is 9.95. The van der Waals surface area contributed by atoms with Crippen LogP contribution in [-0.2, 0) is 4.79 Å². The molecule has 1 aromatic carbocycles. The summed E-state index contributed by atoms with van der Waals surface area (Å²) in [6.45, 7) is 2.68. The number of nitrogens with one attached hydrogen (secondary N) is 1. The third kappa shape index (κ3) is 3.59. The van der Waals surface area contributed by atoms with Crippen LogP contribution in [0.2, 0.25) is 0 Å². The van der Waals surface area contributed by atoms with Crippen LogP contribution in [0.1, 0.15) is 28.2 Å². The molecule has 24 heavy (non-hydrogen) atoms. The number of piperidine rings is 1. The van der Waals surface area contributed by atoms with Crippen LogP contribution in [0.15, 0.2) is 24.3 Å². The average Bonchev–Trinajstić information content (AvgIpc) is 2.99. The summed E-state index contributed by atoms with van der Waals surface area (Å²) in [7, 11) is 0. The maximum absolute atomic E-state index is 13.7. The maximum atomic E-state index is 13.7. The molecule has 2 aromatic rings. The van der Waals surface area contributed by atoms with Gasteiger partial charge in [-0.25, -0.2) is 4.39 Å². The van der Waals surface area contributed by atoms with Crippen molar-refractivity contribution in [2.75, 3.05) is 18.4 Å². The van der Waals surface area contributed by atoms with Gasteiger partial charge in [0, 0.05) is 19.0 Å². The van der Waals surface area contributed by atoms with Crippen molar-refractivity contribution in [3.05, 3.63) is 40.7 Å². The van der Waals surface area contributed by atoms with Crippen molar-refractivity contribution in [1.82, 2.24) is 15.1 Å². The van der Waals surface area contributed by atoms with Gasteiger partial charge < -0.3 is 10.2 Å². The fourth-order valence-electron chi connectivity index (χ4n) is 2.70. The largest absolute Gasteiger partial charge is 0.339 e. The fourth-order valence-corrected chi connectivity index (χ4v) is 3.30. The lowest BCUT2D eigenvalue weighted by molar-refractivity contribution is -0.121. The molecule has 0 saturated carbocycles. The summed E-state index contributed by atoms with van der Waals surface area (Å²) >= 11 is 1.32. The van der Waals surface area contributed by atoms with Crippen molar-refractivity contribution in [2.24, 2.45) is 5.92 Å². The zero-order valence-electron chi connectivity index (χ0n) is 13.2. The zero-order valence-corrected chi connectivity index (χ0v) is 14.0. The van der Waals surface area contributed by atoms with Crippen molar-refractivity contribution >= 4 is 28.3 Å². The summed E-state index contributed by atoms with van der Waals surface area (Å²) in [5.41, 5.74) is 0.0738. The lowest BCUT2D eigenvalue weighted by Gasteiger charge is -2.31. The molecule has 3 rings (SSSR count). The first-order chi connectivity index (χ1) is 11.5. The van der Waals surface area contributed by atoms with E-state index in [1.165, 1.54) is 23.5 Å². The number of nitrogens with zero attached hydrogens (tertiary/aromatic N) is 3. The fraction of sp³-hybridized carbons (Fsp3) is 0.375. The van der Waals surface area contributed by atoms with E-state index in [2.05, 4.69) is 15.5 Å². The van der Waals surface area contributed by atoms with E-state index in [1.807, 2.05) is 6.92 Å². The Kier molecular flexibility index (Phi) is 4.84. The van der Waals surface area contributed by atoms with Crippen molar-refractivity contribution in [3.8, 4) is 0 Å². The Morgan fingerprint density at radius 2 is 1.96 bits per heavy atom. The van der Waals surface area contributed by atoms with E-state index in [0.29, 0.717) is 31.1 Å². The molecule has 1 saturated heterocycles. The van der Waals surface area contributed by atoms with Crippen LogP contribution in [0.5, 0.6) is 0 Å². The van der Waals surface area contributed by atoms with Crippen LogP contribution in [-0.4, -0.2) is 40.0 Å². The van der Waals surface area contributed by atoms with E-state index in [1.54, 1.807) is 17.0 Å². The molecule has 1 aromatic heterocycles. The molecular weight excluding hydrogens is 331 g/mol. The molecule has 0 bridgehead atoms. The lowest BCUT2D eigenvalue weighted by Crippen LogP contribution is -2.41. The first-order valence-electron chi connectivity index (χ1n) is 7.69. The molecule has 1 fully saturated rings. The Morgan fingerprint density at radius 1 is 1.25 bits per heavy atom. The number of aryl methyl sites for hydroxylation is 1. The summed E-state index contributed by atoms with van der Waals surface area (Å²) in [6.07, 6.45) is 1.09. The van der Waals surface area contributed by atoms with Crippen LogP contribution in [0, 0.1) is 18.7 Å². The Labute approximate surface area is 142 Å². The van der Waals surface area contributed by atoms with Gasteiger partial charge in [0.05, 0.1) is 5.56 Å².